The van der Waals surface area contributed by atoms with Crippen LogP contribution in [0.25, 0.3) is 0 Å². The van der Waals surface area contributed by atoms with Crippen LogP contribution in [0.5, 0.6) is 0 Å². The molecule has 2 aliphatic carbocycles. The van der Waals surface area contributed by atoms with E-state index in [9.17, 15) is 0 Å². The molecule has 0 heterocycles. The molecule has 0 aromatic heterocycles. The maximum Gasteiger partial charge on any atom is 0.130 e. The Balaban J connectivity index is 1.85. The average Bonchev–Trinajstić information content (AvgIpc) is 2.70. The third-order valence-electron chi connectivity index (χ3n) is 7.10. The minimum atomic E-state index is -0.259. The van der Waals surface area contributed by atoms with E-state index in [0.717, 1.165) is 36.8 Å². The van der Waals surface area contributed by atoms with Crippen LogP contribution in [0.4, 0.5) is 4.39 Å². The smallest absolute Gasteiger partial charge is 0.130 e. The summed E-state index contributed by atoms with van der Waals surface area (Å²) in [5, 5.41) is 0. The SMILES string of the molecule is C=C1CC(C)(c2cccc(CC3=CCCC=C3)c2F)CC(=C)C1C(CCC)CCC. The van der Waals surface area contributed by atoms with Gasteiger partial charge in [-0.2, -0.15) is 0 Å². The van der Waals surface area contributed by atoms with Crippen molar-refractivity contribution in [3.8, 4) is 0 Å². The lowest BCUT2D eigenvalue weighted by Crippen LogP contribution is -2.35. The van der Waals surface area contributed by atoms with Crippen molar-refractivity contribution >= 4 is 0 Å². The normalized spacial score (nSPS) is 24.4. The number of halogens is 1. The van der Waals surface area contributed by atoms with Crippen molar-refractivity contribution in [1.29, 1.82) is 0 Å². The first-order valence-electron chi connectivity index (χ1n) is 11.9. The van der Waals surface area contributed by atoms with Crippen molar-refractivity contribution in [2.75, 3.05) is 0 Å². The summed E-state index contributed by atoms with van der Waals surface area (Å²) < 4.78 is 15.7. The van der Waals surface area contributed by atoms with Crippen LogP contribution in [-0.4, -0.2) is 0 Å². The standard InChI is InChI=1S/C29H39F/c1-6-12-24(13-7-2)27-21(3)19-29(5,20-22(27)4)26-17-11-16-25(28(26)30)18-23-14-9-8-10-15-23/h9,11,14-17,24,27H,3-4,6-8,10,12-13,18-20H2,1-2,5H3. The van der Waals surface area contributed by atoms with Gasteiger partial charge in [0.1, 0.15) is 5.82 Å². The fourth-order valence-electron chi connectivity index (χ4n) is 5.85. The fourth-order valence-corrected chi connectivity index (χ4v) is 5.85. The number of benzene rings is 1. The molecule has 0 unspecified atom stereocenters. The lowest BCUT2D eigenvalue weighted by atomic mass is 9.60. The molecule has 1 saturated carbocycles. The minimum absolute atomic E-state index is 0.0300. The molecule has 1 fully saturated rings. The van der Waals surface area contributed by atoms with Crippen LogP contribution >= 0.6 is 0 Å². The number of hydrogen-bond donors (Lipinski definition) is 0. The van der Waals surface area contributed by atoms with E-state index in [4.69, 9.17) is 0 Å². The van der Waals surface area contributed by atoms with Gasteiger partial charge in [-0.15, -0.1) is 0 Å². The number of hydrogen-bond acceptors (Lipinski definition) is 0. The van der Waals surface area contributed by atoms with E-state index in [-0.39, 0.29) is 11.2 Å². The molecule has 0 nitrogen and oxygen atoms in total. The summed E-state index contributed by atoms with van der Waals surface area (Å²) in [4.78, 5) is 0. The molecule has 0 N–H and O–H groups in total. The zero-order valence-electron chi connectivity index (χ0n) is 19.3. The third kappa shape index (κ3) is 4.88. The van der Waals surface area contributed by atoms with Crippen LogP contribution in [0.15, 0.2) is 66.3 Å². The summed E-state index contributed by atoms with van der Waals surface area (Å²) in [5.74, 6) is 0.991. The van der Waals surface area contributed by atoms with E-state index in [1.54, 1.807) is 0 Å². The Morgan fingerprint density at radius 2 is 1.73 bits per heavy atom. The van der Waals surface area contributed by atoms with Gasteiger partial charge < -0.3 is 0 Å². The Morgan fingerprint density at radius 1 is 1.07 bits per heavy atom. The molecular weight excluding hydrogens is 367 g/mol. The van der Waals surface area contributed by atoms with E-state index in [2.05, 4.69) is 52.2 Å². The van der Waals surface area contributed by atoms with Crippen molar-refractivity contribution in [1.82, 2.24) is 0 Å². The summed E-state index contributed by atoms with van der Waals surface area (Å²) in [6.07, 6.45) is 15.9. The van der Waals surface area contributed by atoms with Gasteiger partial charge >= 0.3 is 0 Å². The summed E-state index contributed by atoms with van der Waals surface area (Å²) in [6.45, 7) is 15.7. The predicted molar refractivity (Wildman–Crippen MR) is 128 cm³/mol. The summed E-state index contributed by atoms with van der Waals surface area (Å²) in [6, 6.07) is 5.96. The van der Waals surface area contributed by atoms with Gasteiger partial charge in [-0.1, -0.05) is 94.3 Å². The molecular formula is C29H39F. The quantitative estimate of drug-likeness (QED) is 0.379. The maximum absolute atomic E-state index is 15.7. The van der Waals surface area contributed by atoms with Crippen molar-refractivity contribution in [2.45, 2.75) is 84.0 Å². The van der Waals surface area contributed by atoms with Gasteiger partial charge in [-0.25, -0.2) is 4.39 Å². The molecule has 0 amide bonds. The Kier molecular flexibility index (Phi) is 7.55. The highest BCUT2D eigenvalue weighted by molar-refractivity contribution is 5.41. The summed E-state index contributed by atoms with van der Waals surface area (Å²) in [7, 11) is 0. The Morgan fingerprint density at radius 3 is 2.30 bits per heavy atom. The lowest BCUT2D eigenvalue weighted by molar-refractivity contribution is 0.289. The molecule has 0 atom stereocenters. The van der Waals surface area contributed by atoms with Gasteiger partial charge in [0.2, 0.25) is 0 Å². The predicted octanol–water partition coefficient (Wildman–Crippen LogP) is 8.64. The highest BCUT2D eigenvalue weighted by Gasteiger charge is 2.41. The molecule has 2 aliphatic rings. The molecule has 162 valence electrons. The number of allylic oxidation sites excluding steroid dienone is 6. The van der Waals surface area contributed by atoms with E-state index >= 15 is 4.39 Å². The van der Waals surface area contributed by atoms with Gasteiger partial charge in [0, 0.05) is 17.8 Å². The Hall–Kier alpha value is -1.89. The van der Waals surface area contributed by atoms with E-state index in [1.807, 2.05) is 18.2 Å². The second-order valence-corrected chi connectivity index (χ2v) is 9.76. The first kappa shape index (κ1) is 22.8. The van der Waals surface area contributed by atoms with Gasteiger partial charge in [-0.3, -0.25) is 0 Å². The largest absolute Gasteiger partial charge is 0.206 e. The molecule has 1 aromatic carbocycles. The van der Waals surface area contributed by atoms with Crippen LogP contribution in [0.3, 0.4) is 0 Å². The average molecular weight is 407 g/mol. The van der Waals surface area contributed by atoms with Crippen LogP contribution < -0.4 is 0 Å². The van der Waals surface area contributed by atoms with Crippen LogP contribution in [0.2, 0.25) is 0 Å². The van der Waals surface area contributed by atoms with Crippen LogP contribution in [-0.2, 0) is 11.8 Å². The first-order chi connectivity index (χ1) is 14.4. The molecule has 0 radical (unpaired) electrons. The van der Waals surface area contributed by atoms with Gasteiger partial charge in [0.15, 0.2) is 0 Å². The summed E-state index contributed by atoms with van der Waals surface area (Å²) in [5.41, 5.74) is 5.11. The molecule has 1 aromatic rings. The monoisotopic (exact) mass is 406 g/mol. The van der Waals surface area contributed by atoms with Gasteiger partial charge in [0.05, 0.1) is 0 Å². The van der Waals surface area contributed by atoms with Crippen LogP contribution in [0, 0.1) is 17.7 Å². The maximum atomic E-state index is 15.7. The van der Waals surface area contributed by atoms with E-state index in [1.165, 1.54) is 42.4 Å². The second kappa shape index (κ2) is 9.94. The van der Waals surface area contributed by atoms with Crippen molar-refractivity contribution in [2.24, 2.45) is 11.8 Å². The lowest BCUT2D eigenvalue weighted by Gasteiger charge is -2.44. The van der Waals surface area contributed by atoms with E-state index in [0.29, 0.717) is 18.3 Å². The summed E-state index contributed by atoms with van der Waals surface area (Å²) >= 11 is 0. The molecule has 0 saturated heterocycles. The Labute approximate surface area is 183 Å². The molecule has 0 bridgehead atoms. The molecule has 3 rings (SSSR count). The van der Waals surface area contributed by atoms with Crippen molar-refractivity contribution in [3.63, 3.8) is 0 Å². The number of rotatable bonds is 8. The zero-order valence-corrected chi connectivity index (χ0v) is 19.3. The highest BCUT2D eigenvalue weighted by atomic mass is 19.1. The molecule has 0 aliphatic heterocycles. The molecule has 0 spiro atoms. The highest BCUT2D eigenvalue weighted by Crippen LogP contribution is 2.50. The fraction of sp³-hybridized carbons (Fsp3) is 0.517. The first-order valence-corrected chi connectivity index (χ1v) is 11.9. The minimum Gasteiger partial charge on any atom is -0.206 e. The topological polar surface area (TPSA) is 0 Å². The van der Waals surface area contributed by atoms with Gasteiger partial charge in [0.25, 0.3) is 0 Å². The zero-order chi connectivity index (χ0) is 21.7. The van der Waals surface area contributed by atoms with Gasteiger partial charge in [-0.05, 0) is 61.1 Å². The van der Waals surface area contributed by atoms with E-state index < -0.39 is 0 Å². The molecule has 30 heavy (non-hydrogen) atoms. The Bertz CT molecular complexity index is 814. The second-order valence-electron chi connectivity index (χ2n) is 9.76. The van der Waals surface area contributed by atoms with Crippen LogP contribution in [0.1, 0.15) is 83.3 Å². The van der Waals surface area contributed by atoms with Crippen molar-refractivity contribution in [3.05, 3.63) is 83.2 Å². The molecule has 1 heteroatoms. The van der Waals surface area contributed by atoms with Crippen molar-refractivity contribution < 1.29 is 4.39 Å². The third-order valence-corrected chi connectivity index (χ3v) is 7.10.